The predicted molar refractivity (Wildman–Crippen MR) is 102 cm³/mol. The number of nitrogens with zero attached hydrogens (tertiary/aromatic N) is 2. The number of carbonyl (C=O) groups is 1. The minimum Gasteiger partial charge on any atom is -0.493 e. The van der Waals surface area contributed by atoms with Gasteiger partial charge in [-0.25, -0.2) is 4.79 Å². The molecule has 0 fully saturated rings. The molecule has 0 aliphatic carbocycles. The third-order valence-electron chi connectivity index (χ3n) is 4.42. The number of ether oxygens (including phenoxy) is 1. The number of benzene rings is 1. The van der Waals surface area contributed by atoms with Gasteiger partial charge < -0.3 is 15.4 Å². The van der Waals surface area contributed by atoms with Crippen LogP contribution in [-0.2, 0) is 0 Å². The van der Waals surface area contributed by atoms with Gasteiger partial charge in [-0.05, 0) is 37.1 Å². The summed E-state index contributed by atoms with van der Waals surface area (Å²) in [4.78, 5) is 18.4. The Morgan fingerprint density at radius 2 is 2.36 bits per heavy atom. The molecule has 0 radical (unpaired) electrons. The molecule has 1 aromatic carbocycles. The molecule has 6 nitrogen and oxygen atoms in total. The molecule has 134 valence electrons. The summed E-state index contributed by atoms with van der Waals surface area (Å²) in [5, 5.41) is 6.19. The van der Waals surface area contributed by atoms with Gasteiger partial charge in [0.15, 0.2) is 0 Å². The first-order valence-corrected chi connectivity index (χ1v) is 9.00. The van der Waals surface area contributed by atoms with E-state index in [9.17, 15) is 4.79 Å². The van der Waals surface area contributed by atoms with Gasteiger partial charge in [-0.3, -0.25) is 9.89 Å². The highest BCUT2D eigenvalue weighted by molar-refractivity contribution is 5.93. The van der Waals surface area contributed by atoms with Crippen LogP contribution in [0.2, 0.25) is 0 Å². The van der Waals surface area contributed by atoms with Crippen molar-refractivity contribution >= 4 is 23.6 Å². The molecule has 2 amide bonds. The minimum atomic E-state index is -0.0579. The number of amides is 2. The van der Waals surface area contributed by atoms with E-state index < -0.39 is 0 Å². The highest BCUT2D eigenvalue weighted by atomic mass is 16.5. The van der Waals surface area contributed by atoms with Gasteiger partial charge in [-0.1, -0.05) is 13.0 Å². The number of urea groups is 1. The van der Waals surface area contributed by atoms with Crippen molar-refractivity contribution in [3.63, 3.8) is 0 Å². The second-order valence-corrected chi connectivity index (χ2v) is 6.21. The van der Waals surface area contributed by atoms with Gasteiger partial charge in [0.05, 0.1) is 25.5 Å². The predicted octanol–water partition coefficient (Wildman–Crippen LogP) is 2.80. The molecule has 0 saturated heterocycles. The topological polar surface area (TPSA) is 66.0 Å². The maximum atomic E-state index is 12.4. The quantitative estimate of drug-likeness (QED) is 0.865. The van der Waals surface area contributed by atoms with E-state index in [1.807, 2.05) is 26.0 Å². The second-order valence-electron chi connectivity index (χ2n) is 6.21. The van der Waals surface area contributed by atoms with Crippen LogP contribution in [0, 0.1) is 0 Å². The van der Waals surface area contributed by atoms with Crippen LogP contribution >= 0.6 is 0 Å². The normalized spacial score (nSPS) is 19.9. The Morgan fingerprint density at radius 3 is 3.08 bits per heavy atom. The summed E-state index contributed by atoms with van der Waals surface area (Å²) < 4.78 is 5.80. The summed E-state index contributed by atoms with van der Waals surface area (Å²) >= 11 is 0. The summed E-state index contributed by atoms with van der Waals surface area (Å²) in [5.74, 6) is 0.880. The van der Waals surface area contributed by atoms with E-state index >= 15 is 0 Å². The van der Waals surface area contributed by atoms with Crippen molar-refractivity contribution in [2.24, 2.45) is 4.99 Å². The highest BCUT2D eigenvalue weighted by Gasteiger charge is 2.21. The molecule has 0 spiro atoms. The van der Waals surface area contributed by atoms with Crippen molar-refractivity contribution in [3.8, 4) is 5.75 Å². The fourth-order valence-corrected chi connectivity index (χ4v) is 3.12. The van der Waals surface area contributed by atoms with E-state index in [0.717, 1.165) is 36.4 Å². The van der Waals surface area contributed by atoms with Gasteiger partial charge in [-0.15, -0.1) is 0 Å². The lowest BCUT2D eigenvalue weighted by Gasteiger charge is -2.26. The number of fused-ring (bicyclic) bond motifs is 1. The Morgan fingerprint density at radius 1 is 1.48 bits per heavy atom. The molecule has 6 heteroatoms. The molecule has 0 aromatic heterocycles. The smallest absolute Gasteiger partial charge is 0.321 e. The zero-order valence-electron chi connectivity index (χ0n) is 14.9. The summed E-state index contributed by atoms with van der Waals surface area (Å²) in [6.07, 6.45) is 5.77. The molecule has 2 aliphatic heterocycles. The van der Waals surface area contributed by atoms with E-state index in [4.69, 9.17) is 4.74 Å². The molecule has 1 aromatic rings. The van der Waals surface area contributed by atoms with Crippen LogP contribution in [0.25, 0.3) is 5.57 Å². The summed E-state index contributed by atoms with van der Waals surface area (Å²) in [6.45, 7) is 6.77. The van der Waals surface area contributed by atoms with Crippen LogP contribution in [0.5, 0.6) is 5.75 Å². The van der Waals surface area contributed by atoms with Gasteiger partial charge in [0.25, 0.3) is 0 Å². The van der Waals surface area contributed by atoms with Crippen LogP contribution in [0.3, 0.4) is 0 Å². The fourth-order valence-electron chi connectivity index (χ4n) is 3.12. The zero-order chi connectivity index (χ0) is 17.6. The van der Waals surface area contributed by atoms with Crippen LogP contribution in [-0.4, -0.2) is 44.7 Å². The number of hydrogen-bond donors (Lipinski definition) is 2. The number of hydrogen-bond acceptors (Lipinski definition) is 4. The molecule has 25 heavy (non-hydrogen) atoms. The van der Waals surface area contributed by atoms with Gasteiger partial charge in [0.1, 0.15) is 5.75 Å². The lowest BCUT2D eigenvalue weighted by molar-refractivity contribution is 0.246. The third kappa shape index (κ3) is 3.95. The van der Waals surface area contributed by atoms with Crippen molar-refractivity contribution < 1.29 is 9.53 Å². The number of anilines is 1. The third-order valence-corrected chi connectivity index (χ3v) is 4.42. The van der Waals surface area contributed by atoms with Crippen LogP contribution in [0.15, 0.2) is 29.3 Å². The van der Waals surface area contributed by atoms with Crippen LogP contribution in [0.4, 0.5) is 10.5 Å². The Bertz CT molecular complexity index is 676. The Kier molecular flexibility index (Phi) is 5.58. The van der Waals surface area contributed by atoms with Gasteiger partial charge in [-0.2, -0.15) is 0 Å². The first-order valence-electron chi connectivity index (χ1n) is 9.00. The SMILES string of the molecule is CCCNC(=O)N(CC)c1ccc2c(c1)/C(=C/C1CN=CN1)CCO2. The van der Waals surface area contributed by atoms with E-state index in [0.29, 0.717) is 19.7 Å². The first-order chi connectivity index (χ1) is 12.2. The molecule has 1 atom stereocenters. The van der Waals surface area contributed by atoms with Gasteiger partial charge in [0.2, 0.25) is 0 Å². The maximum absolute atomic E-state index is 12.4. The number of aliphatic imine (C=N–C) groups is 1. The molecule has 0 bridgehead atoms. The largest absolute Gasteiger partial charge is 0.493 e. The van der Waals surface area contributed by atoms with Crippen molar-refractivity contribution in [2.45, 2.75) is 32.7 Å². The minimum absolute atomic E-state index is 0.0579. The summed E-state index contributed by atoms with van der Waals surface area (Å²) in [5.41, 5.74) is 3.21. The van der Waals surface area contributed by atoms with E-state index in [2.05, 4.69) is 27.8 Å². The summed E-state index contributed by atoms with van der Waals surface area (Å²) in [6, 6.07) is 6.15. The average molecular weight is 342 g/mol. The molecular weight excluding hydrogens is 316 g/mol. The van der Waals surface area contributed by atoms with Crippen molar-refractivity contribution in [1.29, 1.82) is 0 Å². The molecule has 1 unspecified atom stereocenters. The fraction of sp³-hybridized carbons (Fsp3) is 0.474. The van der Waals surface area contributed by atoms with Crippen LogP contribution in [0.1, 0.15) is 32.3 Å². The van der Waals surface area contributed by atoms with Gasteiger partial charge in [0, 0.05) is 30.8 Å². The maximum Gasteiger partial charge on any atom is 0.321 e. The number of carbonyl (C=O) groups excluding carboxylic acids is 1. The molecule has 2 N–H and O–H groups in total. The zero-order valence-corrected chi connectivity index (χ0v) is 14.9. The Balaban J connectivity index is 1.87. The number of rotatable bonds is 5. The number of nitrogens with one attached hydrogen (secondary N) is 2. The average Bonchev–Trinajstić information content (AvgIpc) is 3.14. The van der Waals surface area contributed by atoms with E-state index in [1.54, 1.807) is 11.2 Å². The van der Waals surface area contributed by atoms with E-state index in [1.165, 1.54) is 5.57 Å². The Hall–Kier alpha value is -2.50. The van der Waals surface area contributed by atoms with Gasteiger partial charge >= 0.3 is 6.03 Å². The molecule has 0 saturated carbocycles. The standard InChI is InChI=1S/C19H26N4O2/c1-3-8-21-19(24)23(4-2)16-5-6-18-17(11-16)14(7-9-25-18)10-15-12-20-13-22-15/h5-6,10-11,13,15H,3-4,7-9,12H2,1-2H3,(H,20,22)(H,21,24)/b14-10+. The molecule has 2 aliphatic rings. The van der Waals surface area contributed by atoms with E-state index in [-0.39, 0.29) is 12.1 Å². The van der Waals surface area contributed by atoms with Crippen molar-refractivity contribution in [1.82, 2.24) is 10.6 Å². The lowest BCUT2D eigenvalue weighted by atomic mass is 9.97. The molecular formula is C19H26N4O2. The summed E-state index contributed by atoms with van der Waals surface area (Å²) in [7, 11) is 0. The first kappa shape index (κ1) is 17.3. The van der Waals surface area contributed by atoms with Crippen molar-refractivity contribution in [2.75, 3.05) is 31.1 Å². The molecule has 3 rings (SSSR count). The van der Waals surface area contributed by atoms with Crippen LogP contribution < -0.4 is 20.3 Å². The highest BCUT2D eigenvalue weighted by Crippen LogP contribution is 2.36. The second kappa shape index (κ2) is 8.05. The molecule has 2 heterocycles. The monoisotopic (exact) mass is 342 g/mol. The Labute approximate surface area is 149 Å². The lowest BCUT2D eigenvalue weighted by Crippen LogP contribution is -2.40. The van der Waals surface area contributed by atoms with Crippen molar-refractivity contribution in [3.05, 3.63) is 29.8 Å².